The van der Waals surface area contributed by atoms with Crippen LogP contribution in [0.25, 0.3) is 0 Å². The first-order chi connectivity index (χ1) is 9.85. The summed E-state index contributed by atoms with van der Waals surface area (Å²) >= 11 is 0. The third kappa shape index (κ3) is 13.8. The summed E-state index contributed by atoms with van der Waals surface area (Å²) in [4.78, 5) is 11.0. The van der Waals surface area contributed by atoms with Crippen molar-refractivity contribution < 1.29 is 4.79 Å². The molecule has 1 heteroatoms. The molecule has 0 aliphatic heterocycles. The zero-order valence-electron chi connectivity index (χ0n) is 14.0. The van der Waals surface area contributed by atoms with Gasteiger partial charge in [0.2, 0.25) is 0 Å². The van der Waals surface area contributed by atoms with Crippen molar-refractivity contribution in [1.82, 2.24) is 0 Å². The fourth-order valence-electron chi connectivity index (χ4n) is 2.53. The molecule has 0 aromatic carbocycles. The minimum absolute atomic E-state index is 0.990. The Morgan fingerprint density at radius 3 is 1.75 bits per heavy atom. The number of carbonyl (C=O) groups excluding carboxylic acids is 1. The molecule has 0 bridgehead atoms. The number of allylic oxidation sites excluding steroid dienone is 2. The van der Waals surface area contributed by atoms with Gasteiger partial charge in [-0.25, -0.2) is 0 Å². The van der Waals surface area contributed by atoms with Crippen LogP contribution in [-0.4, -0.2) is 6.29 Å². The van der Waals surface area contributed by atoms with E-state index in [1.807, 2.05) is 0 Å². The summed E-state index contributed by atoms with van der Waals surface area (Å²) in [5.41, 5.74) is 1.03. The summed E-state index contributed by atoms with van der Waals surface area (Å²) < 4.78 is 0. The van der Waals surface area contributed by atoms with Crippen LogP contribution < -0.4 is 0 Å². The molecule has 0 atom stereocenters. The monoisotopic (exact) mass is 280 g/mol. The second-order valence-electron chi connectivity index (χ2n) is 5.97. The molecule has 0 aliphatic carbocycles. The summed E-state index contributed by atoms with van der Waals surface area (Å²) in [5, 5.41) is 0. The Kier molecular flexibility index (Phi) is 16.0. The molecule has 0 saturated carbocycles. The zero-order valence-corrected chi connectivity index (χ0v) is 14.0. The van der Waals surface area contributed by atoms with Crippen molar-refractivity contribution in [2.24, 2.45) is 0 Å². The predicted octanol–water partition coefficient (Wildman–Crippen LogP) is 6.61. The number of hydrogen-bond acceptors (Lipinski definition) is 1. The van der Waals surface area contributed by atoms with E-state index in [4.69, 9.17) is 0 Å². The lowest BCUT2D eigenvalue weighted by Gasteiger charge is -2.02. The molecular weight excluding hydrogens is 244 g/mol. The van der Waals surface area contributed by atoms with Crippen LogP contribution in [0.3, 0.4) is 0 Å². The number of hydrogen-bond donors (Lipinski definition) is 0. The average Bonchev–Trinajstić information content (AvgIpc) is 2.47. The number of carbonyl (C=O) groups is 1. The Labute approximate surface area is 127 Å². The molecular formula is C19H36O. The van der Waals surface area contributed by atoms with Crippen molar-refractivity contribution in [2.75, 3.05) is 0 Å². The van der Waals surface area contributed by atoms with Gasteiger partial charge < -0.3 is 0 Å². The van der Waals surface area contributed by atoms with Crippen molar-refractivity contribution in [1.29, 1.82) is 0 Å². The first-order valence-corrected chi connectivity index (χ1v) is 8.99. The van der Waals surface area contributed by atoms with Crippen molar-refractivity contribution in [3.05, 3.63) is 11.6 Å². The molecule has 0 N–H and O–H groups in total. The molecule has 0 aromatic heterocycles. The third-order valence-electron chi connectivity index (χ3n) is 3.93. The fraction of sp³-hybridized carbons (Fsp3) is 0.842. The van der Waals surface area contributed by atoms with Crippen LogP contribution in [0.15, 0.2) is 11.6 Å². The first kappa shape index (κ1) is 19.4. The van der Waals surface area contributed by atoms with Gasteiger partial charge in [-0.1, -0.05) is 84.1 Å². The minimum atomic E-state index is 0.990. The molecule has 20 heavy (non-hydrogen) atoms. The normalized spacial score (nSPS) is 11.8. The van der Waals surface area contributed by atoms with Crippen molar-refractivity contribution in [2.45, 2.75) is 104 Å². The van der Waals surface area contributed by atoms with E-state index in [2.05, 4.69) is 19.9 Å². The largest absolute Gasteiger partial charge is 0.298 e. The van der Waals surface area contributed by atoms with E-state index in [0.29, 0.717) is 0 Å². The lowest BCUT2D eigenvalue weighted by molar-refractivity contribution is -0.105. The number of aldehydes is 1. The Bertz CT molecular complexity index is 230. The maximum atomic E-state index is 11.0. The van der Waals surface area contributed by atoms with Gasteiger partial charge in [-0.3, -0.25) is 4.79 Å². The average molecular weight is 280 g/mol. The van der Waals surface area contributed by atoms with Gasteiger partial charge in [-0.15, -0.1) is 0 Å². The number of rotatable bonds is 15. The summed E-state index contributed by atoms with van der Waals surface area (Å²) in [6.07, 6.45) is 21.1. The Morgan fingerprint density at radius 2 is 1.20 bits per heavy atom. The van der Waals surface area contributed by atoms with E-state index in [9.17, 15) is 4.79 Å². The predicted molar refractivity (Wildman–Crippen MR) is 90.1 cm³/mol. The van der Waals surface area contributed by atoms with Crippen LogP contribution in [0, 0.1) is 0 Å². The topological polar surface area (TPSA) is 17.1 Å². The van der Waals surface area contributed by atoms with Crippen LogP contribution >= 0.6 is 0 Å². The van der Waals surface area contributed by atoms with E-state index in [0.717, 1.165) is 24.7 Å². The van der Waals surface area contributed by atoms with Gasteiger partial charge in [0.25, 0.3) is 0 Å². The highest BCUT2D eigenvalue weighted by molar-refractivity contribution is 5.72. The van der Waals surface area contributed by atoms with Crippen molar-refractivity contribution in [3.8, 4) is 0 Å². The second-order valence-corrected chi connectivity index (χ2v) is 5.97. The Hall–Kier alpha value is -0.590. The van der Waals surface area contributed by atoms with Gasteiger partial charge in [0.05, 0.1) is 0 Å². The van der Waals surface area contributed by atoms with E-state index >= 15 is 0 Å². The van der Waals surface area contributed by atoms with Crippen LogP contribution in [0.4, 0.5) is 0 Å². The molecule has 0 aromatic rings. The highest BCUT2D eigenvalue weighted by Crippen LogP contribution is 2.13. The minimum Gasteiger partial charge on any atom is -0.298 e. The zero-order chi connectivity index (χ0) is 14.9. The van der Waals surface area contributed by atoms with Gasteiger partial charge in [0, 0.05) is 0 Å². The molecule has 0 fully saturated rings. The van der Waals surface area contributed by atoms with Gasteiger partial charge in [0.1, 0.15) is 6.29 Å². The smallest absolute Gasteiger partial charge is 0.145 e. The molecule has 0 unspecified atom stereocenters. The Balaban J connectivity index is 3.46. The van der Waals surface area contributed by atoms with Crippen LogP contribution in [0.1, 0.15) is 104 Å². The maximum Gasteiger partial charge on any atom is 0.145 e. The maximum absolute atomic E-state index is 11.0. The van der Waals surface area contributed by atoms with Gasteiger partial charge in [-0.2, -0.15) is 0 Å². The lowest BCUT2D eigenvalue weighted by Crippen LogP contribution is -1.87. The van der Waals surface area contributed by atoms with E-state index < -0.39 is 0 Å². The molecule has 1 nitrogen and oxygen atoms in total. The summed E-state index contributed by atoms with van der Waals surface area (Å²) in [5.74, 6) is 0. The van der Waals surface area contributed by atoms with E-state index in [1.54, 1.807) is 0 Å². The van der Waals surface area contributed by atoms with Crippen LogP contribution in [0.2, 0.25) is 0 Å². The molecule has 0 saturated heterocycles. The highest BCUT2D eigenvalue weighted by atomic mass is 16.1. The van der Waals surface area contributed by atoms with Crippen LogP contribution in [-0.2, 0) is 4.79 Å². The molecule has 0 aliphatic rings. The molecule has 0 amide bonds. The molecule has 0 heterocycles. The van der Waals surface area contributed by atoms with Gasteiger partial charge >= 0.3 is 0 Å². The Morgan fingerprint density at radius 1 is 0.700 bits per heavy atom. The summed E-state index contributed by atoms with van der Waals surface area (Å²) in [6, 6.07) is 0. The molecule has 0 rings (SSSR count). The standard InChI is InChI=1S/C19H36O/c1-3-5-7-9-10-11-13-15-17-19(18-20)16-14-12-8-6-4-2/h17-18H,3-16H2,1-2H3/b19-17+. The molecule has 118 valence electrons. The van der Waals surface area contributed by atoms with Crippen molar-refractivity contribution in [3.63, 3.8) is 0 Å². The van der Waals surface area contributed by atoms with E-state index in [-0.39, 0.29) is 0 Å². The number of unbranched alkanes of at least 4 members (excludes halogenated alkanes) is 11. The van der Waals surface area contributed by atoms with Crippen LogP contribution in [0.5, 0.6) is 0 Å². The molecule has 0 radical (unpaired) electrons. The van der Waals surface area contributed by atoms with Gasteiger partial charge in [0.15, 0.2) is 0 Å². The first-order valence-electron chi connectivity index (χ1n) is 8.99. The summed E-state index contributed by atoms with van der Waals surface area (Å²) in [7, 11) is 0. The lowest BCUT2D eigenvalue weighted by atomic mass is 10.0. The fourth-order valence-corrected chi connectivity index (χ4v) is 2.53. The SMILES string of the molecule is CCCCCCCCC/C=C(/C=O)CCCCCCC. The summed E-state index contributed by atoms with van der Waals surface area (Å²) in [6.45, 7) is 4.49. The third-order valence-corrected chi connectivity index (χ3v) is 3.93. The van der Waals surface area contributed by atoms with Crippen molar-refractivity contribution >= 4 is 6.29 Å². The van der Waals surface area contributed by atoms with E-state index in [1.165, 1.54) is 77.0 Å². The quantitative estimate of drug-likeness (QED) is 0.187. The molecule has 0 spiro atoms. The van der Waals surface area contributed by atoms with Gasteiger partial charge in [-0.05, 0) is 31.3 Å². The second kappa shape index (κ2) is 16.5. The highest BCUT2D eigenvalue weighted by Gasteiger charge is 1.96.